The smallest absolute Gasteiger partial charge is 0.335 e. The summed E-state index contributed by atoms with van der Waals surface area (Å²) in [6.07, 6.45) is -0.0903. The number of carboxylic acid groups (broad SMARTS) is 1. The normalized spacial score (nSPS) is 17.7. The lowest BCUT2D eigenvalue weighted by molar-refractivity contribution is -0.121. The van der Waals surface area contributed by atoms with E-state index in [2.05, 4.69) is 10.2 Å². The molecule has 1 saturated heterocycles. The van der Waals surface area contributed by atoms with E-state index < -0.39 is 23.0 Å². The minimum Gasteiger partial charge on any atom is -0.478 e. The average Bonchev–Trinajstić information content (AvgIpc) is 2.99. The summed E-state index contributed by atoms with van der Waals surface area (Å²) in [6, 6.07) is 14.9. The number of anilines is 1. The Bertz CT molecular complexity index is 993. The molecule has 29 heavy (non-hydrogen) atoms. The first kappa shape index (κ1) is 20.4. The minimum atomic E-state index is -1.15. The maximum Gasteiger partial charge on any atom is 0.335 e. The number of thioether (sulfide) groups is 1. The monoisotopic (exact) mass is 410 g/mol. The van der Waals surface area contributed by atoms with Gasteiger partial charge in [-0.1, -0.05) is 48.2 Å². The van der Waals surface area contributed by atoms with Gasteiger partial charge in [-0.3, -0.25) is 15.0 Å². The summed E-state index contributed by atoms with van der Waals surface area (Å²) < 4.78 is 0. The lowest BCUT2D eigenvalue weighted by atomic mass is 10.1. The van der Waals surface area contributed by atoms with Gasteiger partial charge >= 0.3 is 5.97 Å². The summed E-state index contributed by atoms with van der Waals surface area (Å²) in [5.74, 6) is -2.09. The first-order valence-corrected chi connectivity index (χ1v) is 9.66. The van der Waals surface area contributed by atoms with Gasteiger partial charge in [0, 0.05) is 6.42 Å². The Morgan fingerprint density at radius 1 is 1.21 bits per heavy atom. The fraction of sp³-hybridized carbons (Fsp3) is 0.200. The van der Waals surface area contributed by atoms with Crippen LogP contribution in [0.25, 0.3) is 0 Å². The summed E-state index contributed by atoms with van der Waals surface area (Å²) in [7, 11) is 0. The molecule has 9 heteroatoms. The van der Waals surface area contributed by atoms with Crippen LogP contribution in [0.4, 0.5) is 5.69 Å². The highest BCUT2D eigenvalue weighted by Crippen LogP contribution is 2.31. The van der Waals surface area contributed by atoms with Gasteiger partial charge in [0.05, 0.1) is 17.3 Å². The zero-order chi connectivity index (χ0) is 21.0. The van der Waals surface area contributed by atoms with E-state index in [1.54, 1.807) is 0 Å². The Morgan fingerprint density at radius 2 is 1.93 bits per heavy atom. The van der Waals surface area contributed by atoms with Crippen LogP contribution in [-0.4, -0.2) is 33.3 Å². The van der Waals surface area contributed by atoms with Gasteiger partial charge in [-0.2, -0.15) is 5.11 Å². The van der Waals surface area contributed by atoms with Crippen molar-refractivity contribution >= 4 is 40.4 Å². The minimum absolute atomic E-state index is 0.0179. The zero-order valence-electron chi connectivity index (χ0n) is 15.5. The number of amidine groups is 1. The number of azo groups is 1. The van der Waals surface area contributed by atoms with Crippen molar-refractivity contribution < 1.29 is 19.5 Å². The highest BCUT2D eigenvalue weighted by Gasteiger charge is 2.40. The second-order valence-corrected chi connectivity index (χ2v) is 7.53. The van der Waals surface area contributed by atoms with Crippen molar-refractivity contribution in [2.45, 2.75) is 24.6 Å². The number of carbonyl (C=O) groups excluding carboxylic acids is 2. The number of hydrogen-bond acceptors (Lipinski definition) is 6. The molecule has 1 aliphatic heterocycles. The Morgan fingerprint density at radius 3 is 2.62 bits per heavy atom. The van der Waals surface area contributed by atoms with Crippen molar-refractivity contribution in [3.8, 4) is 0 Å². The molecule has 2 amide bonds. The van der Waals surface area contributed by atoms with E-state index in [1.165, 1.54) is 24.3 Å². The standard InChI is InChI=1S/C20H18N4O4S/c1-12(13-6-3-2-4-7-13)22-23-20(21)29-16-11-17(25)24(18(16)26)15-9-5-8-14(10-15)19(27)28/h2-10,12,16,21H,11H2,1H3,(H,27,28)/t12-,16+/m1/s1. The fourth-order valence-electron chi connectivity index (χ4n) is 2.84. The first-order valence-electron chi connectivity index (χ1n) is 8.78. The number of imide groups is 1. The van der Waals surface area contributed by atoms with E-state index in [0.29, 0.717) is 0 Å². The van der Waals surface area contributed by atoms with E-state index in [9.17, 15) is 14.4 Å². The first-order chi connectivity index (χ1) is 13.9. The second kappa shape index (κ2) is 8.78. The fourth-order valence-corrected chi connectivity index (χ4v) is 3.64. The van der Waals surface area contributed by atoms with Crippen LogP contribution in [0.1, 0.15) is 35.3 Å². The maximum absolute atomic E-state index is 12.7. The number of aromatic carboxylic acids is 1. The van der Waals surface area contributed by atoms with Gasteiger partial charge in [0.1, 0.15) is 5.25 Å². The molecular formula is C20H18N4O4S. The molecule has 0 spiro atoms. The van der Waals surface area contributed by atoms with Gasteiger partial charge in [-0.25, -0.2) is 9.69 Å². The number of carbonyl (C=O) groups is 3. The van der Waals surface area contributed by atoms with Gasteiger partial charge in [0.25, 0.3) is 0 Å². The van der Waals surface area contributed by atoms with Crippen molar-refractivity contribution in [3.05, 3.63) is 65.7 Å². The average molecular weight is 410 g/mol. The summed E-state index contributed by atoms with van der Waals surface area (Å²) in [6.45, 7) is 1.85. The highest BCUT2D eigenvalue weighted by atomic mass is 32.2. The Labute approximate surface area is 171 Å². The predicted octanol–water partition coefficient (Wildman–Crippen LogP) is 3.90. The number of amides is 2. The number of rotatable bonds is 5. The van der Waals surface area contributed by atoms with Crippen LogP contribution in [-0.2, 0) is 9.59 Å². The molecule has 2 N–H and O–H groups in total. The Balaban J connectivity index is 1.67. The number of benzene rings is 2. The van der Waals surface area contributed by atoms with Gasteiger partial charge in [-0.15, -0.1) is 5.11 Å². The van der Waals surface area contributed by atoms with Crippen LogP contribution < -0.4 is 4.90 Å². The van der Waals surface area contributed by atoms with E-state index >= 15 is 0 Å². The SMILES string of the molecule is C[C@@H](N=NC(=N)S[C@H]1CC(=O)N(c2cccc(C(=O)O)c2)C1=O)c1ccccc1. The zero-order valence-corrected chi connectivity index (χ0v) is 16.3. The number of nitrogens with one attached hydrogen (secondary N) is 1. The summed E-state index contributed by atoms with van der Waals surface area (Å²) in [5.41, 5.74) is 1.13. The molecule has 8 nitrogen and oxygen atoms in total. The summed E-state index contributed by atoms with van der Waals surface area (Å²) >= 11 is 0.860. The lowest BCUT2D eigenvalue weighted by Gasteiger charge is -2.15. The maximum atomic E-state index is 12.7. The van der Waals surface area contributed by atoms with E-state index in [4.69, 9.17) is 10.5 Å². The molecule has 1 aliphatic rings. The molecule has 0 unspecified atom stereocenters. The third kappa shape index (κ3) is 4.75. The quantitative estimate of drug-likeness (QED) is 0.335. The van der Waals surface area contributed by atoms with Crippen LogP contribution in [0, 0.1) is 5.41 Å². The van der Waals surface area contributed by atoms with Gasteiger partial charge in [0.2, 0.25) is 17.0 Å². The van der Waals surface area contributed by atoms with Crippen molar-refractivity contribution in [2.24, 2.45) is 10.2 Å². The van der Waals surface area contributed by atoms with E-state index in [0.717, 1.165) is 22.2 Å². The molecule has 2 atom stereocenters. The molecule has 0 radical (unpaired) electrons. The van der Waals surface area contributed by atoms with Crippen LogP contribution in [0.3, 0.4) is 0 Å². The van der Waals surface area contributed by atoms with Crippen molar-refractivity contribution in [2.75, 3.05) is 4.90 Å². The van der Waals surface area contributed by atoms with Crippen LogP contribution in [0.15, 0.2) is 64.8 Å². The van der Waals surface area contributed by atoms with Crippen LogP contribution in [0.2, 0.25) is 0 Å². The molecule has 1 heterocycles. The molecule has 0 saturated carbocycles. The molecule has 3 rings (SSSR count). The van der Waals surface area contributed by atoms with E-state index in [1.807, 2.05) is 37.3 Å². The van der Waals surface area contributed by atoms with Gasteiger partial charge in [-0.05, 0) is 30.7 Å². The molecular weight excluding hydrogens is 392 g/mol. The molecule has 0 aliphatic carbocycles. The lowest BCUT2D eigenvalue weighted by Crippen LogP contribution is -2.31. The second-order valence-electron chi connectivity index (χ2n) is 6.34. The Hall–Kier alpha value is -3.33. The predicted molar refractivity (Wildman–Crippen MR) is 109 cm³/mol. The van der Waals surface area contributed by atoms with Crippen molar-refractivity contribution in [1.29, 1.82) is 5.41 Å². The van der Waals surface area contributed by atoms with Crippen LogP contribution >= 0.6 is 11.8 Å². The number of carboxylic acids is 1. The Kier molecular flexibility index (Phi) is 6.18. The number of nitrogens with zero attached hydrogens (tertiary/aromatic N) is 3. The molecule has 148 valence electrons. The van der Waals surface area contributed by atoms with Crippen molar-refractivity contribution in [3.63, 3.8) is 0 Å². The van der Waals surface area contributed by atoms with E-state index in [-0.39, 0.29) is 28.9 Å². The van der Waals surface area contributed by atoms with Gasteiger partial charge < -0.3 is 5.11 Å². The molecule has 1 fully saturated rings. The van der Waals surface area contributed by atoms with Crippen molar-refractivity contribution in [1.82, 2.24) is 0 Å². The third-order valence-electron chi connectivity index (χ3n) is 4.31. The number of hydrogen-bond donors (Lipinski definition) is 2. The van der Waals surface area contributed by atoms with Crippen LogP contribution in [0.5, 0.6) is 0 Å². The molecule has 0 aromatic heterocycles. The van der Waals surface area contributed by atoms with Gasteiger partial charge in [0.15, 0.2) is 0 Å². The highest BCUT2D eigenvalue weighted by molar-refractivity contribution is 8.14. The third-order valence-corrected chi connectivity index (χ3v) is 5.27. The topological polar surface area (TPSA) is 123 Å². The molecule has 0 bridgehead atoms. The summed E-state index contributed by atoms with van der Waals surface area (Å²) in [4.78, 5) is 37.1. The molecule has 2 aromatic rings. The largest absolute Gasteiger partial charge is 0.478 e. The molecule has 2 aromatic carbocycles. The summed E-state index contributed by atoms with van der Waals surface area (Å²) in [5, 5.41) is 24.1.